The minimum absolute atomic E-state index is 0.177. The number of esters is 2. The van der Waals surface area contributed by atoms with Gasteiger partial charge >= 0.3 is 11.9 Å². The molecule has 0 aliphatic heterocycles. The van der Waals surface area contributed by atoms with Crippen LogP contribution in [0, 0.1) is 11.3 Å². The van der Waals surface area contributed by atoms with E-state index in [0.717, 1.165) is 32.1 Å². The molecule has 1 N–H and O–H groups in total. The number of fused-ring (bicyclic) bond motifs is 3. The lowest BCUT2D eigenvalue weighted by Gasteiger charge is -2.48. The summed E-state index contributed by atoms with van der Waals surface area (Å²) in [6, 6.07) is 5.79. The Hall–Kier alpha value is -2.37. The number of carbonyl (C=O) groups excluding carboxylic acids is 3. The first-order chi connectivity index (χ1) is 14.7. The summed E-state index contributed by atoms with van der Waals surface area (Å²) in [6.07, 6.45) is 4.47. The van der Waals surface area contributed by atoms with Gasteiger partial charge in [-0.15, -0.1) is 0 Å². The topological polar surface area (TPSA) is 81.7 Å². The Labute approximate surface area is 185 Å². The summed E-state index contributed by atoms with van der Waals surface area (Å²) in [4.78, 5) is 37.4. The van der Waals surface area contributed by atoms with Crippen molar-refractivity contribution < 1.29 is 23.9 Å². The van der Waals surface area contributed by atoms with Crippen LogP contribution in [0.2, 0.25) is 0 Å². The van der Waals surface area contributed by atoms with Crippen LogP contribution in [0.5, 0.6) is 0 Å². The molecule has 0 heterocycles. The summed E-state index contributed by atoms with van der Waals surface area (Å²) in [5, 5.41) is 2.81. The molecule has 6 heteroatoms. The fourth-order valence-electron chi connectivity index (χ4n) is 5.48. The number of benzene rings is 1. The highest BCUT2D eigenvalue weighted by Crippen LogP contribution is 2.54. The molecule has 0 unspecified atom stereocenters. The fourth-order valence-corrected chi connectivity index (χ4v) is 5.48. The van der Waals surface area contributed by atoms with Crippen molar-refractivity contribution in [3.8, 4) is 0 Å². The molecule has 3 rings (SSSR count). The van der Waals surface area contributed by atoms with Gasteiger partial charge in [-0.25, -0.2) is 4.79 Å². The maximum absolute atomic E-state index is 13.5. The molecule has 4 atom stereocenters. The molecule has 1 saturated carbocycles. The van der Waals surface area contributed by atoms with Gasteiger partial charge in [0.15, 0.2) is 0 Å². The van der Waals surface area contributed by atoms with Crippen LogP contribution in [-0.4, -0.2) is 38.1 Å². The van der Waals surface area contributed by atoms with E-state index in [9.17, 15) is 14.4 Å². The second-order valence-corrected chi connectivity index (χ2v) is 9.50. The second-order valence-electron chi connectivity index (χ2n) is 9.50. The number of aryl methyl sites for hydroxylation is 1. The van der Waals surface area contributed by atoms with Crippen LogP contribution >= 0.6 is 0 Å². The van der Waals surface area contributed by atoms with Gasteiger partial charge in [-0.2, -0.15) is 0 Å². The number of methoxy groups -OCH3 is 2. The van der Waals surface area contributed by atoms with E-state index in [2.05, 4.69) is 42.1 Å². The zero-order valence-electron chi connectivity index (χ0n) is 19.3. The Morgan fingerprint density at radius 3 is 2.55 bits per heavy atom. The quantitative estimate of drug-likeness (QED) is 0.695. The molecular formula is C25H35NO5. The standard InChI is InChI=1S/C25H35NO5/c1-15(2)16-8-10-18-17(13-16)9-11-20-19(18)7-6-12-25(20,3)24(29)26-21(23(28)31-5)14-22(27)30-4/h8,10,13,15,19-21H,6-7,9,11-12,14H2,1-5H3,(H,26,29)/t19-,20-,21+,25-/m1/s1. The first-order valence-electron chi connectivity index (χ1n) is 11.3. The zero-order chi connectivity index (χ0) is 22.8. The van der Waals surface area contributed by atoms with Crippen LogP contribution < -0.4 is 5.32 Å². The molecule has 31 heavy (non-hydrogen) atoms. The molecule has 0 bridgehead atoms. The van der Waals surface area contributed by atoms with Gasteiger partial charge in [0.2, 0.25) is 5.91 Å². The van der Waals surface area contributed by atoms with Crippen molar-refractivity contribution >= 4 is 17.8 Å². The number of hydrogen-bond donors (Lipinski definition) is 1. The molecule has 2 aliphatic carbocycles. The molecule has 0 saturated heterocycles. The lowest BCUT2D eigenvalue weighted by Crippen LogP contribution is -2.53. The first-order valence-corrected chi connectivity index (χ1v) is 11.3. The summed E-state index contributed by atoms with van der Waals surface area (Å²) in [5.41, 5.74) is 3.55. The Kier molecular flexibility index (Phi) is 7.07. The SMILES string of the molecule is COC(=O)C[C@H](NC(=O)[C@]1(C)CCC[C@@H]2c3ccc(C(C)C)cc3CC[C@H]21)C(=O)OC. The van der Waals surface area contributed by atoms with Crippen molar-refractivity contribution in [2.75, 3.05) is 14.2 Å². The third-order valence-electron chi connectivity index (χ3n) is 7.38. The highest BCUT2D eigenvalue weighted by molar-refractivity contribution is 5.90. The van der Waals surface area contributed by atoms with Crippen LogP contribution in [0.1, 0.15) is 81.4 Å². The number of amides is 1. The van der Waals surface area contributed by atoms with Crippen LogP contribution in [0.25, 0.3) is 0 Å². The maximum atomic E-state index is 13.5. The second kappa shape index (κ2) is 9.41. The van der Waals surface area contributed by atoms with Crippen molar-refractivity contribution in [2.45, 2.75) is 77.2 Å². The van der Waals surface area contributed by atoms with Crippen molar-refractivity contribution in [1.29, 1.82) is 0 Å². The minimum Gasteiger partial charge on any atom is -0.469 e. The number of carbonyl (C=O) groups is 3. The molecule has 0 radical (unpaired) electrons. The molecule has 2 aliphatic rings. The molecule has 0 aromatic heterocycles. The molecule has 1 aromatic rings. The molecule has 1 fully saturated rings. The Bertz CT molecular complexity index is 848. The predicted octanol–water partition coefficient (Wildman–Crippen LogP) is 3.87. The highest BCUT2D eigenvalue weighted by atomic mass is 16.5. The Morgan fingerprint density at radius 1 is 1.16 bits per heavy atom. The molecule has 1 amide bonds. The molecule has 170 valence electrons. The lowest BCUT2D eigenvalue weighted by atomic mass is 9.56. The normalized spacial score (nSPS) is 25.7. The Morgan fingerprint density at radius 2 is 1.90 bits per heavy atom. The average Bonchev–Trinajstić information content (AvgIpc) is 2.77. The van der Waals surface area contributed by atoms with E-state index in [-0.39, 0.29) is 18.2 Å². The third-order valence-corrected chi connectivity index (χ3v) is 7.38. The van der Waals surface area contributed by atoms with E-state index >= 15 is 0 Å². The van der Waals surface area contributed by atoms with Crippen molar-refractivity contribution in [3.63, 3.8) is 0 Å². The highest BCUT2D eigenvalue weighted by Gasteiger charge is 2.50. The van der Waals surface area contributed by atoms with E-state index in [1.807, 2.05) is 6.92 Å². The maximum Gasteiger partial charge on any atom is 0.328 e. The van der Waals surface area contributed by atoms with Gasteiger partial charge < -0.3 is 14.8 Å². The van der Waals surface area contributed by atoms with E-state index in [0.29, 0.717) is 11.8 Å². The van der Waals surface area contributed by atoms with Gasteiger partial charge in [-0.05, 0) is 60.1 Å². The van der Waals surface area contributed by atoms with Gasteiger partial charge in [0.25, 0.3) is 0 Å². The minimum atomic E-state index is -1.04. The fraction of sp³-hybridized carbons (Fsp3) is 0.640. The van der Waals surface area contributed by atoms with E-state index in [4.69, 9.17) is 4.74 Å². The summed E-state index contributed by atoms with van der Waals surface area (Å²) in [5.74, 6) is -0.333. The summed E-state index contributed by atoms with van der Waals surface area (Å²) < 4.78 is 9.48. The molecule has 6 nitrogen and oxygen atoms in total. The van der Waals surface area contributed by atoms with E-state index in [1.165, 1.54) is 30.9 Å². The van der Waals surface area contributed by atoms with Crippen LogP contribution in [0.15, 0.2) is 18.2 Å². The third kappa shape index (κ3) is 4.63. The summed E-state index contributed by atoms with van der Waals surface area (Å²) in [7, 11) is 2.51. The monoisotopic (exact) mass is 429 g/mol. The van der Waals surface area contributed by atoms with Gasteiger partial charge in [0.1, 0.15) is 6.04 Å². The van der Waals surface area contributed by atoms with E-state index < -0.39 is 23.4 Å². The molecule has 1 aromatic carbocycles. The number of hydrogen-bond acceptors (Lipinski definition) is 5. The summed E-state index contributed by atoms with van der Waals surface area (Å²) >= 11 is 0. The number of ether oxygens (including phenoxy) is 2. The van der Waals surface area contributed by atoms with Crippen molar-refractivity contribution in [1.82, 2.24) is 5.32 Å². The zero-order valence-corrected chi connectivity index (χ0v) is 19.3. The molecule has 0 spiro atoms. The van der Waals surface area contributed by atoms with Crippen molar-refractivity contribution in [2.24, 2.45) is 11.3 Å². The smallest absolute Gasteiger partial charge is 0.328 e. The van der Waals surface area contributed by atoms with Crippen LogP contribution in [-0.2, 0) is 30.3 Å². The van der Waals surface area contributed by atoms with Gasteiger partial charge in [-0.1, -0.05) is 45.4 Å². The van der Waals surface area contributed by atoms with Gasteiger partial charge in [0, 0.05) is 5.41 Å². The lowest BCUT2D eigenvalue weighted by molar-refractivity contribution is -0.152. The Balaban J connectivity index is 1.83. The predicted molar refractivity (Wildman–Crippen MR) is 118 cm³/mol. The summed E-state index contributed by atoms with van der Waals surface area (Å²) in [6.45, 7) is 6.43. The van der Waals surface area contributed by atoms with Gasteiger partial charge in [-0.3, -0.25) is 9.59 Å². The van der Waals surface area contributed by atoms with Crippen molar-refractivity contribution in [3.05, 3.63) is 34.9 Å². The number of nitrogens with one attached hydrogen (secondary N) is 1. The van der Waals surface area contributed by atoms with E-state index in [1.54, 1.807) is 0 Å². The van der Waals surface area contributed by atoms with Crippen LogP contribution in [0.3, 0.4) is 0 Å². The first kappa shape index (κ1) is 23.3. The number of rotatable bonds is 6. The molecular weight excluding hydrogens is 394 g/mol. The van der Waals surface area contributed by atoms with Crippen LogP contribution in [0.4, 0.5) is 0 Å². The largest absolute Gasteiger partial charge is 0.469 e. The average molecular weight is 430 g/mol. The van der Waals surface area contributed by atoms with Gasteiger partial charge in [0.05, 0.1) is 20.6 Å².